The molecule has 1 heterocycles. The number of nitrogens with one attached hydrogen (secondary N) is 1. The number of rotatable bonds is 3. The number of amides is 1. The fraction of sp³-hybridized carbons (Fsp3) is 0.667. The molecule has 100 valence electrons. The number of hydrogen-bond donors (Lipinski definition) is 1. The van der Waals surface area contributed by atoms with Crippen LogP contribution in [-0.2, 0) is 6.42 Å². The van der Waals surface area contributed by atoms with Gasteiger partial charge in [-0.1, -0.05) is 20.8 Å². The van der Waals surface area contributed by atoms with Crippen LogP contribution in [0.2, 0.25) is 0 Å². The van der Waals surface area contributed by atoms with Crippen LogP contribution in [0.15, 0.2) is 6.07 Å². The lowest BCUT2D eigenvalue weighted by molar-refractivity contribution is 0.0940. The summed E-state index contributed by atoms with van der Waals surface area (Å²) < 4.78 is 0. The molecule has 1 N–H and O–H groups in total. The third-order valence-electron chi connectivity index (χ3n) is 3.93. The number of carbonyl (C=O) groups is 1. The van der Waals surface area contributed by atoms with Gasteiger partial charge in [0.1, 0.15) is 0 Å². The molecule has 1 aliphatic carbocycles. The lowest BCUT2D eigenvalue weighted by atomic mass is 9.92. The van der Waals surface area contributed by atoms with E-state index in [1.807, 2.05) is 0 Å². The average molecular weight is 265 g/mol. The van der Waals surface area contributed by atoms with Crippen LogP contribution in [0.4, 0.5) is 0 Å². The molecule has 0 radical (unpaired) electrons. The largest absolute Gasteiger partial charge is 0.349 e. The zero-order valence-electron chi connectivity index (χ0n) is 11.8. The molecule has 18 heavy (non-hydrogen) atoms. The van der Waals surface area contributed by atoms with Crippen LogP contribution in [0.1, 0.15) is 60.1 Å². The summed E-state index contributed by atoms with van der Waals surface area (Å²) in [5.41, 5.74) is 1.69. The summed E-state index contributed by atoms with van der Waals surface area (Å²) in [6.45, 7) is 8.79. The van der Waals surface area contributed by atoms with Crippen molar-refractivity contribution in [2.24, 2.45) is 5.41 Å². The normalized spacial score (nSPS) is 22.1. The smallest absolute Gasteiger partial charge is 0.261 e. The Morgan fingerprint density at radius 3 is 2.78 bits per heavy atom. The molecular formula is C15H23NOS. The molecule has 1 aromatic heterocycles. The van der Waals surface area contributed by atoms with Gasteiger partial charge in [0.15, 0.2) is 0 Å². The number of hydrogen-bond acceptors (Lipinski definition) is 2. The van der Waals surface area contributed by atoms with Crippen molar-refractivity contribution >= 4 is 17.2 Å². The number of aryl methyl sites for hydroxylation is 2. The van der Waals surface area contributed by atoms with Crippen molar-refractivity contribution in [2.75, 3.05) is 0 Å². The van der Waals surface area contributed by atoms with Crippen LogP contribution in [0.25, 0.3) is 0 Å². The monoisotopic (exact) mass is 265 g/mol. The highest BCUT2D eigenvalue weighted by Crippen LogP contribution is 2.37. The van der Waals surface area contributed by atoms with Crippen LogP contribution in [0, 0.1) is 12.3 Å². The summed E-state index contributed by atoms with van der Waals surface area (Å²) >= 11 is 1.62. The second-order valence-corrected chi connectivity index (χ2v) is 7.38. The van der Waals surface area contributed by atoms with Crippen molar-refractivity contribution in [3.63, 3.8) is 0 Å². The molecule has 2 nitrogen and oxygen atoms in total. The maximum Gasteiger partial charge on any atom is 0.261 e. The summed E-state index contributed by atoms with van der Waals surface area (Å²) in [4.78, 5) is 14.3. The SMILES string of the molecule is CCc1cc(C(=O)NC2CCC(C)(C)C2)sc1C. The second-order valence-electron chi connectivity index (χ2n) is 6.12. The van der Waals surface area contributed by atoms with E-state index in [0.29, 0.717) is 11.5 Å². The van der Waals surface area contributed by atoms with E-state index in [9.17, 15) is 4.79 Å². The first-order valence-corrected chi connectivity index (χ1v) is 7.63. The van der Waals surface area contributed by atoms with Gasteiger partial charge in [0.25, 0.3) is 5.91 Å². The topological polar surface area (TPSA) is 29.1 Å². The van der Waals surface area contributed by atoms with Crippen molar-refractivity contribution in [3.05, 3.63) is 21.4 Å². The molecule has 0 aromatic carbocycles. The van der Waals surface area contributed by atoms with E-state index in [1.165, 1.54) is 16.9 Å². The zero-order chi connectivity index (χ0) is 13.3. The molecule has 0 saturated heterocycles. The van der Waals surface area contributed by atoms with Gasteiger partial charge in [-0.05, 0) is 49.7 Å². The molecule has 1 aromatic rings. The van der Waals surface area contributed by atoms with Crippen LogP contribution in [-0.4, -0.2) is 11.9 Å². The standard InChI is InChI=1S/C15H23NOS/c1-5-11-8-13(18-10(11)2)14(17)16-12-6-7-15(3,4)9-12/h8,12H,5-7,9H2,1-4H3,(H,16,17). The van der Waals surface area contributed by atoms with Crippen molar-refractivity contribution < 1.29 is 4.79 Å². The van der Waals surface area contributed by atoms with Gasteiger partial charge >= 0.3 is 0 Å². The average Bonchev–Trinajstić information content (AvgIpc) is 2.81. The van der Waals surface area contributed by atoms with E-state index in [4.69, 9.17) is 0 Å². The van der Waals surface area contributed by atoms with Gasteiger partial charge in [-0.2, -0.15) is 0 Å². The van der Waals surface area contributed by atoms with E-state index in [1.54, 1.807) is 11.3 Å². The molecule has 0 spiro atoms. The maximum atomic E-state index is 12.2. The van der Waals surface area contributed by atoms with Gasteiger partial charge in [0.05, 0.1) is 4.88 Å². The van der Waals surface area contributed by atoms with Gasteiger partial charge < -0.3 is 5.32 Å². The Labute approximate surface area is 114 Å². The quantitative estimate of drug-likeness (QED) is 0.881. The molecule has 1 amide bonds. The molecule has 1 unspecified atom stereocenters. The first-order chi connectivity index (χ1) is 8.41. The van der Waals surface area contributed by atoms with E-state index in [0.717, 1.165) is 24.1 Å². The highest BCUT2D eigenvalue weighted by atomic mass is 32.1. The fourth-order valence-electron chi connectivity index (χ4n) is 2.80. The van der Waals surface area contributed by atoms with Gasteiger partial charge in [-0.3, -0.25) is 4.79 Å². The Bertz CT molecular complexity index is 447. The number of carbonyl (C=O) groups excluding carboxylic acids is 1. The lowest BCUT2D eigenvalue weighted by Gasteiger charge is -2.17. The van der Waals surface area contributed by atoms with Gasteiger partial charge in [0, 0.05) is 10.9 Å². The minimum absolute atomic E-state index is 0.116. The van der Waals surface area contributed by atoms with Crippen LogP contribution < -0.4 is 5.32 Å². The van der Waals surface area contributed by atoms with Gasteiger partial charge in [-0.15, -0.1) is 11.3 Å². The Morgan fingerprint density at radius 1 is 1.56 bits per heavy atom. The van der Waals surface area contributed by atoms with Crippen LogP contribution in [0.5, 0.6) is 0 Å². The van der Waals surface area contributed by atoms with Crippen LogP contribution >= 0.6 is 11.3 Å². The molecule has 0 bridgehead atoms. The van der Waals surface area contributed by atoms with Crippen molar-refractivity contribution in [1.29, 1.82) is 0 Å². The Kier molecular flexibility index (Phi) is 3.81. The van der Waals surface area contributed by atoms with Crippen molar-refractivity contribution in [1.82, 2.24) is 5.32 Å². The fourth-order valence-corrected chi connectivity index (χ4v) is 3.82. The van der Waals surface area contributed by atoms with E-state index < -0.39 is 0 Å². The van der Waals surface area contributed by atoms with Gasteiger partial charge in [-0.25, -0.2) is 0 Å². The minimum Gasteiger partial charge on any atom is -0.349 e. The molecule has 0 aliphatic heterocycles. The third kappa shape index (κ3) is 2.94. The van der Waals surface area contributed by atoms with Crippen molar-refractivity contribution in [2.45, 2.75) is 59.4 Å². The maximum absolute atomic E-state index is 12.2. The number of thiophene rings is 1. The molecule has 3 heteroatoms. The summed E-state index contributed by atoms with van der Waals surface area (Å²) in [6.07, 6.45) is 4.43. The lowest BCUT2D eigenvalue weighted by Crippen LogP contribution is -2.33. The second kappa shape index (κ2) is 5.04. The molecule has 1 aliphatic rings. The Morgan fingerprint density at radius 2 is 2.28 bits per heavy atom. The van der Waals surface area contributed by atoms with Crippen LogP contribution in [0.3, 0.4) is 0 Å². The molecule has 2 rings (SSSR count). The first kappa shape index (κ1) is 13.6. The molecule has 1 atom stereocenters. The highest BCUT2D eigenvalue weighted by molar-refractivity contribution is 7.14. The van der Waals surface area contributed by atoms with Crippen molar-refractivity contribution in [3.8, 4) is 0 Å². The summed E-state index contributed by atoms with van der Waals surface area (Å²) in [7, 11) is 0. The zero-order valence-corrected chi connectivity index (χ0v) is 12.6. The Balaban J connectivity index is 2.00. The van der Waals surface area contributed by atoms with E-state index in [-0.39, 0.29) is 5.91 Å². The summed E-state index contributed by atoms with van der Waals surface area (Å²) in [5, 5.41) is 3.19. The highest BCUT2D eigenvalue weighted by Gasteiger charge is 2.32. The Hall–Kier alpha value is -0.830. The third-order valence-corrected chi connectivity index (χ3v) is 5.02. The molecule has 1 fully saturated rings. The molecule has 1 saturated carbocycles. The minimum atomic E-state index is 0.116. The predicted octanol–water partition coefficient (Wildman–Crippen LogP) is 3.93. The van der Waals surface area contributed by atoms with E-state index >= 15 is 0 Å². The molecular weight excluding hydrogens is 242 g/mol. The summed E-state index contributed by atoms with van der Waals surface area (Å²) in [6, 6.07) is 2.41. The predicted molar refractivity (Wildman–Crippen MR) is 77.3 cm³/mol. The first-order valence-electron chi connectivity index (χ1n) is 6.81. The van der Waals surface area contributed by atoms with Gasteiger partial charge in [0.2, 0.25) is 0 Å². The summed E-state index contributed by atoms with van der Waals surface area (Å²) in [5.74, 6) is 0.116. The van der Waals surface area contributed by atoms with E-state index in [2.05, 4.69) is 39.1 Å².